The molecule has 0 aliphatic rings. The molecular formula is C18H16ClN3O2. The largest absolute Gasteiger partial charge is 0.481 e. The topological polar surface area (TPSA) is 81.1 Å². The fourth-order valence-corrected chi connectivity index (χ4v) is 2.81. The van der Waals surface area contributed by atoms with Gasteiger partial charge in [-0.15, -0.1) is 0 Å². The number of aromatic nitrogens is 2. The molecule has 0 saturated heterocycles. The number of hydrogen-bond acceptors (Lipinski definition) is 3. The number of benzene rings is 2. The van der Waals surface area contributed by atoms with Gasteiger partial charge in [0.25, 0.3) is 0 Å². The van der Waals surface area contributed by atoms with E-state index in [1.807, 2.05) is 47.0 Å². The first-order chi connectivity index (χ1) is 11.5. The number of rotatable bonds is 5. The van der Waals surface area contributed by atoms with Gasteiger partial charge in [-0.25, -0.2) is 4.98 Å². The predicted octanol–water partition coefficient (Wildman–Crippen LogP) is 3.46. The maximum atomic E-state index is 11.2. The molecule has 0 bridgehead atoms. The van der Waals surface area contributed by atoms with Gasteiger partial charge in [-0.2, -0.15) is 0 Å². The van der Waals surface area contributed by atoms with Crippen LogP contribution in [-0.2, 0) is 17.8 Å². The first-order valence-corrected chi connectivity index (χ1v) is 7.79. The van der Waals surface area contributed by atoms with Crippen LogP contribution in [0.2, 0.25) is 5.15 Å². The normalized spacial score (nSPS) is 10.7. The van der Waals surface area contributed by atoms with E-state index in [2.05, 4.69) is 4.98 Å². The Labute approximate surface area is 144 Å². The Kier molecular flexibility index (Phi) is 4.53. The second kappa shape index (κ2) is 6.76. The molecule has 24 heavy (non-hydrogen) atoms. The van der Waals surface area contributed by atoms with Gasteiger partial charge in [0.15, 0.2) is 5.15 Å². The summed E-state index contributed by atoms with van der Waals surface area (Å²) in [4.78, 5) is 15.6. The minimum Gasteiger partial charge on any atom is -0.481 e. The maximum absolute atomic E-state index is 11.2. The number of carboxylic acids is 1. The van der Waals surface area contributed by atoms with Crippen molar-refractivity contribution >= 4 is 23.3 Å². The van der Waals surface area contributed by atoms with Crippen LogP contribution in [0.5, 0.6) is 0 Å². The fourth-order valence-electron chi connectivity index (χ4n) is 2.56. The van der Waals surface area contributed by atoms with E-state index in [9.17, 15) is 9.90 Å². The summed E-state index contributed by atoms with van der Waals surface area (Å²) in [6.07, 6.45) is -0.187. The zero-order valence-electron chi connectivity index (χ0n) is 12.8. The molecule has 0 aliphatic heterocycles. The van der Waals surface area contributed by atoms with Gasteiger partial charge in [-0.1, -0.05) is 41.9 Å². The van der Waals surface area contributed by atoms with Gasteiger partial charge >= 0.3 is 5.97 Å². The molecule has 6 heteroatoms. The van der Waals surface area contributed by atoms with Crippen LogP contribution in [0.3, 0.4) is 0 Å². The second-order valence-electron chi connectivity index (χ2n) is 5.44. The summed E-state index contributed by atoms with van der Waals surface area (Å²) in [5.74, 6) is -0.324. The third-order valence-corrected chi connectivity index (χ3v) is 4.00. The first-order valence-electron chi connectivity index (χ1n) is 7.41. The van der Waals surface area contributed by atoms with Crippen LogP contribution in [0.25, 0.3) is 11.4 Å². The van der Waals surface area contributed by atoms with E-state index >= 15 is 0 Å². The summed E-state index contributed by atoms with van der Waals surface area (Å²) in [6.45, 7) is 0.489. The van der Waals surface area contributed by atoms with E-state index in [4.69, 9.17) is 17.3 Å². The average molecular weight is 342 g/mol. The molecule has 5 nitrogen and oxygen atoms in total. The average Bonchev–Trinajstić information content (AvgIpc) is 2.85. The van der Waals surface area contributed by atoms with Crippen molar-refractivity contribution in [3.8, 4) is 11.4 Å². The molecule has 2 aromatic carbocycles. The molecule has 0 amide bonds. The Morgan fingerprint density at radius 3 is 2.42 bits per heavy atom. The van der Waals surface area contributed by atoms with E-state index in [0.29, 0.717) is 23.8 Å². The van der Waals surface area contributed by atoms with Gasteiger partial charge in [-0.05, 0) is 29.8 Å². The second-order valence-corrected chi connectivity index (χ2v) is 5.80. The van der Waals surface area contributed by atoms with Crippen molar-refractivity contribution in [2.75, 3.05) is 5.73 Å². The standard InChI is InChI=1S/C18H16ClN3O2/c19-17-15(10-16(23)24)22(11-12-4-2-1-3-5-12)18(21-17)13-6-8-14(20)9-7-13/h1-9H,10-11,20H2,(H,23,24). The van der Waals surface area contributed by atoms with Gasteiger partial charge < -0.3 is 15.4 Å². The van der Waals surface area contributed by atoms with Crippen molar-refractivity contribution in [1.29, 1.82) is 0 Å². The number of nitrogens with two attached hydrogens (primary N) is 1. The summed E-state index contributed by atoms with van der Waals surface area (Å²) in [5, 5.41) is 9.39. The van der Waals surface area contributed by atoms with Crippen molar-refractivity contribution in [2.45, 2.75) is 13.0 Å². The number of halogens is 1. The summed E-state index contributed by atoms with van der Waals surface area (Å²) in [5.41, 5.74) is 8.74. The van der Waals surface area contributed by atoms with Gasteiger partial charge in [0.05, 0.1) is 12.1 Å². The van der Waals surface area contributed by atoms with Crippen LogP contribution in [0.15, 0.2) is 54.6 Å². The van der Waals surface area contributed by atoms with Gasteiger partial charge in [0, 0.05) is 17.8 Å². The molecule has 3 rings (SSSR count). The fraction of sp³-hybridized carbons (Fsp3) is 0.111. The van der Waals surface area contributed by atoms with Crippen LogP contribution < -0.4 is 5.73 Å². The highest BCUT2D eigenvalue weighted by molar-refractivity contribution is 6.30. The highest BCUT2D eigenvalue weighted by Gasteiger charge is 2.19. The molecule has 0 fully saturated rings. The first kappa shape index (κ1) is 16.1. The van der Waals surface area contributed by atoms with Gasteiger partial charge in [0.2, 0.25) is 0 Å². The molecule has 1 aromatic heterocycles. The summed E-state index contributed by atoms with van der Waals surface area (Å²) >= 11 is 6.22. The number of hydrogen-bond donors (Lipinski definition) is 2. The smallest absolute Gasteiger partial charge is 0.309 e. The molecule has 0 atom stereocenters. The molecule has 0 unspecified atom stereocenters. The molecular weight excluding hydrogens is 326 g/mol. The maximum Gasteiger partial charge on any atom is 0.309 e. The van der Waals surface area contributed by atoms with Crippen molar-refractivity contribution in [1.82, 2.24) is 9.55 Å². The monoisotopic (exact) mass is 341 g/mol. The predicted molar refractivity (Wildman–Crippen MR) is 94.0 cm³/mol. The third-order valence-electron chi connectivity index (χ3n) is 3.69. The quantitative estimate of drug-likeness (QED) is 0.696. The van der Waals surface area contributed by atoms with Gasteiger partial charge in [-0.3, -0.25) is 4.79 Å². The number of nitrogen functional groups attached to an aromatic ring is 1. The lowest BCUT2D eigenvalue weighted by molar-refractivity contribution is -0.136. The van der Waals surface area contributed by atoms with E-state index in [1.54, 1.807) is 12.1 Å². The number of aliphatic carboxylic acids is 1. The van der Waals surface area contributed by atoms with Crippen LogP contribution in [0.1, 0.15) is 11.3 Å². The van der Waals surface area contributed by atoms with Crippen molar-refractivity contribution in [3.63, 3.8) is 0 Å². The van der Waals surface area contributed by atoms with Gasteiger partial charge in [0.1, 0.15) is 5.82 Å². The minimum absolute atomic E-state index is 0.187. The molecule has 3 N–H and O–H groups in total. The van der Waals surface area contributed by atoms with E-state index in [1.165, 1.54) is 0 Å². The summed E-state index contributed by atoms with van der Waals surface area (Å²) in [7, 11) is 0. The number of nitrogens with zero attached hydrogens (tertiary/aromatic N) is 2. The van der Waals surface area contributed by atoms with Crippen LogP contribution in [0.4, 0.5) is 5.69 Å². The third kappa shape index (κ3) is 3.41. The van der Waals surface area contributed by atoms with Crippen LogP contribution in [-0.4, -0.2) is 20.6 Å². The number of imidazole rings is 1. The number of carboxylic acid groups (broad SMARTS) is 1. The summed E-state index contributed by atoms with van der Waals surface area (Å²) in [6, 6.07) is 17.0. The molecule has 0 aliphatic carbocycles. The molecule has 0 spiro atoms. The lowest BCUT2D eigenvalue weighted by atomic mass is 10.1. The molecule has 122 valence electrons. The number of carbonyl (C=O) groups is 1. The Morgan fingerprint density at radius 2 is 1.79 bits per heavy atom. The van der Waals surface area contributed by atoms with E-state index in [0.717, 1.165) is 11.1 Å². The Bertz CT molecular complexity index is 858. The Hall–Kier alpha value is -2.79. The van der Waals surface area contributed by atoms with Crippen LogP contribution >= 0.6 is 11.6 Å². The highest BCUT2D eigenvalue weighted by atomic mass is 35.5. The van der Waals surface area contributed by atoms with Crippen LogP contribution in [0, 0.1) is 0 Å². The lowest BCUT2D eigenvalue weighted by Crippen LogP contribution is -2.11. The molecule has 3 aromatic rings. The van der Waals surface area contributed by atoms with Crippen molar-refractivity contribution < 1.29 is 9.90 Å². The molecule has 1 heterocycles. The molecule has 0 saturated carbocycles. The lowest BCUT2D eigenvalue weighted by Gasteiger charge is -2.12. The van der Waals surface area contributed by atoms with Crippen molar-refractivity contribution in [3.05, 3.63) is 71.0 Å². The number of anilines is 1. The van der Waals surface area contributed by atoms with Crippen molar-refractivity contribution in [2.24, 2.45) is 0 Å². The Balaban J connectivity index is 2.10. The minimum atomic E-state index is -0.949. The highest BCUT2D eigenvalue weighted by Crippen LogP contribution is 2.27. The summed E-state index contributed by atoms with van der Waals surface area (Å²) < 4.78 is 1.84. The van der Waals surface area contributed by atoms with E-state index < -0.39 is 5.97 Å². The molecule has 0 radical (unpaired) electrons. The zero-order chi connectivity index (χ0) is 17.1. The SMILES string of the molecule is Nc1ccc(-c2nc(Cl)c(CC(=O)O)n2Cc2ccccc2)cc1. The van der Waals surface area contributed by atoms with E-state index in [-0.39, 0.29) is 11.6 Å². The zero-order valence-corrected chi connectivity index (χ0v) is 13.6. The Morgan fingerprint density at radius 1 is 1.12 bits per heavy atom.